The minimum absolute atomic E-state index is 0.0785. The molecular weight excluding hydrogens is 490 g/mol. The Bertz CT molecular complexity index is 1100. The zero-order valence-corrected chi connectivity index (χ0v) is 25.6. The number of aryl methyl sites for hydroxylation is 2. The third kappa shape index (κ3) is 11.9. The van der Waals surface area contributed by atoms with E-state index in [1.807, 2.05) is 18.2 Å². The van der Waals surface area contributed by atoms with E-state index >= 15 is 0 Å². The quantitative estimate of drug-likeness (QED) is 0.128. The lowest BCUT2D eigenvalue weighted by Crippen LogP contribution is -2.28. The number of benzene rings is 2. The molecule has 0 aliphatic heterocycles. The summed E-state index contributed by atoms with van der Waals surface area (Å²) in [6.45, 7) is 5.97. The first kappa shape index (κ1) is 31.9. The van der Waals surface area contributed by atoms with Crippen LogP contribution >= 0.6 is 0 Å². The number of para-hydroxylation sites is 2. The molecule has 0 unspecified atom stereocenters. The van der Waals surface area contributed by atoms with Crippen LogP contribution in [0.1, 0.15) is 127 Å². The number of carbonyl (C=O) groups is 1. The van der Waals surface area contributed by atoms with Crippen molar-refractivity contribution in [3.05, 3.63) is 65.5 Å². The molecular formula is C36H55N3O. The fraction of sp³-hybridized carbons (Fsp3) is 0.611. The Morgan fingerprint density at radius 3 is 1.90 bits per heavy atom. The van der Waals surface area contributed by atoms with Gasteiger partial charge in [0.15, 0.2) is 0 Å². The van der Waals surface area contributed by atoms with Crippen molar-refractivity contribution in [1.29, 1.82) is 0 Å². The normalized spacial score (nSPS) is 11.3. The van der Waals surface area contributed by atoms with Crippen LogP contribution in [0.15, 0.2) is 48.5 Å². The standard InChI is InChI=1S/C36H55N3O/c1-3-4-5-6-7-8-9-10-11-12-13-14-15-16-17-22-29-39-34-26-21-20-25-33(34)38-35(39)27-28-37-36(40)30-32-24-19-18-23-31(32)2/h18-21,23-26H,3-17,22,27-30H2,1-2H3,(H,37,40). The van der Waals surface area contributed by atoms with E-state index in [1.54, 1.807) is 0 Å². The monoisotopic (exact) mass is 545 g/mol. The summed E-state index contributed by atoms with van der Waals surface area (Å²) in [4.78, 5) is 17.4. The van der Waals surface area contributed by atoms with Crippen LogP contribution in [0.3, 0.4) is 0 Å². The van der Waals surface area contributed by atoms with Gasteiger partial charge in [-0.1, -0.05) is 140 Å². The molecule has 3 rings (SSSR count). The summed E-state index contributed by atoms with van der Waals surface area (Å²) < 4.78 is 2.38. The number of amides is 1. The second-order valence-corrected chi connectivity index (χ2v) is 11.7. The first-order valence-electron chi connectivity index (χ1n) is 16.4. The lowest BCUT2D eigenvalue weighted by Gasteiger charge is -2.11. The molecule has 0 aliphatic rings. The summed E-state index contributed by atoms with van der Waals surface area (Å²) >= 11 is 0. The summed E-state index contributed by atoms with van der Waals surface area (Å²) in [6.07, 6.45) is 23.4. The topological polar surface area (TPSA) is 46.9 Å². The highest BCUT2D eigenvalue weighted by atomic mass is 16.1. The van der Waals surface area contributed by atoms with Crippen molar-refractivity contribution in [2.45, 2.75) is 136 Å². The van der Waals surface area contributed by atoms with Gasteiger partial charge in [-0.2, -0.15) is 0 Å². The summed E-state index contributed by atoms with van der Waals surface area (Å²) in [5, 5.41) is 3.11. The van der Waals surface area contributed by atoms with Crippen LogP contribution in [-0.4, -0.2) is 22.0 Å². The highest BCUT2D eigenvalue weighted by Gasteiger charge is 2.11. The van der Waals surface area contributed by atoms with Crippen LogP contribution < -0.4 is 5.32 Å². The van der Waals surface area contributed by atoms with Gasteiger partial charge in [-0.25, -0.2) is 4.98 Å². The minimum Gasteiger partial charge on any atom is -0.355 e. The molecule has 1 heterocycles. The number of fused-ring (bicyclic) bond motifs is 1. The van der Waals surface area contributed by atoms with Crippen LogP contribution in [0.4, 0.5) is 0 Å². The molecule has 0 fully saturated rings. The van der Waals surface area contributed by atoms with E-state index in [9.17, 15) is 4.79 Å². The number of rotatable bonds is 22. The zero-order chi connectivity index (χ0) is 28.3. The molecule has 1 amide bonds. The maximum atomic E-state index is 12.5. The van der Waals surface area contributed by atoms with Crippen molar-refractivity contribution in [2.24, 2.45) is 0 Å². The van der Waals surface area contributed by atoms with E-state index in [-0.39, 0.29) is 5.91 Å². The predicted molar refractivity (Wildman–Crippen MR) is 171 cm³/mol. The van der Waals surface area contributed by atoms with E-state index in [0.29, 0.717) is 13.0 Å². The van der Waals surface area contributed by atoms with Gasteiger partial charge in [0, 0.05) is 19.5 Å². The molecule has 0 saturated heterocycles. The molecule has 0 radical (unpaired) electrons. The lowest BCUT2D eigenvalue weighted by molar-refractivity contribution is -0.120. The molecule has 0 bridgehead atoms. The molecule has 1 aromatic heterocycles. The molecule has 0 saturated carbocycles. The summed E-state index contributed by atoms with van der Waals surface area (Å²) in [5.41, 5.74) is 4.53. The van der Waals surface area contributed by atoms with Gasteiger partial charge in [-0.05, 0) is 36.6 Å². The fourth-order valence-electron chi connectivity index (χ4n) is 5.74. The minimum atomic E-state index is 0.0785. The van der Waals surface area contributed by atoms with E-state index in [1.165, 1.54) is 114 Å². The number of unbranched alkanes of at least 4 members (excludes halogenated alkanes) is 15. The average molecular weight is 546 g/mol. The van der Waals surface area contributed by atoms with E-state index < -0.39 is 0 Å². The van der Waals surface area contributed by atoms with Gasteiger partial charge < -0.3 is 9.88 Å². The van der Waals surface area contributed by atoms with Crippen LogP contribution in [0, 0.1) is 6.92 Å². The zero-order valence-electron chi connectivity index (χ0n) is 25.6. The van der Waals surface area contributed by atoms with E-state index in [2.05, 4.69) is 54.1 Å². The number of imidazole rings is 1. The van der Waals surface area contributed by atoms with Crippen molar-refractivity contribution in [1.82, 2.24) is 14.9 Å². The molecule has 0 atom stereocenters. The smallest absolute Gasteiger partial charge is 0.224 e. The second-order valence-electron chi connectivity index (χ2n) is 11.7. The van der Waals surface area contributed by atoms with Crippen molar-refractivity contribution in [3.8, 4) is 0 Å². The third-order valence-corrected chi connectivity index (χ3v) is 8.25. The van der Waals surface area contributed by atoms with Crippen molar-refractivity contribution in [2.75, 3.05) is 6.54 Å². The van der Waals surface area contributed by atoms with Gasteiger partial charge in [0.2, 0.25) is 5.91 Å². The van der Waals surface area contributed by atoms with Crippen molar-refractivity contribution in [3.63, 3.8) is 0 Å². The Kier molecular flexibility index (Phi) is 15.5. The molecule has 0 aliphatic carbocycles. The molecule has 40 heavy (non-hydrogen) atoms. The molecule has 3 aromatic rings. The number of aromatic nitrogens is 2. The maximum Gasteiger partial charge on any atom is 0.224 e. The highest BCUT2D eigenvalue weighted by Crippen LogP contribution is 2.19. The highest BCUT2D eigenvalue weighted by molar-refractivity contribution is 5.79. The average Bonchev–Trinajstić information content (AvgIpc) is 3.31. The number of nitrogens with zero attached hydrogens (tertiary/aromatic N) is 2. The molecule has 2 aromatic carbocycles. The second kappa shape index (κ2) is 19.5. The van der Waals surface area contributed by atoms with Gasteiger partial charge in [-0.15, -0.1) is 0 Å². The van der Waals surface area contributed by atoms with Gasteiger partial charge in [0.25, 0.3) is 0 Å². The van der Waals surface area contributed by atoms with Gasteiger partial charge in [-0.3, -0.25) is 4.79 Å². The summed E-state index contributed by atoms with van der Waals surface area (Å²) in [6, 6.07) is 16.5. The first-order valence-corrected chi connectivity index (χ1v) is 16.4. The third-order valence-electron chi connectivity index (χ3n) is 8.25. The van der Waals surface area contributed by atoms with Crippen molar-refractivity contribution < 1.29 is 4.79 Å². The van der Waals surface area contributed by atoms with Gasteiger partial charge in [0.05, 0.1) is 17.5 Å². The number of hydrogen-bond acceptors (Lipinski definition) is 2. The van der Waals surface area contributed by atoms with Crippen LogP contribution in [0.5, 0.6) is 0 Å². The Labute approximate surface area is 244 Å². The Morgan fingerprint density at radius 1 is 0.725 bits per heavy atom. The molecule has 220 valence electrons. The largest absolute Gasteiger partial charge is 0.355 e. The molecule has 0 spiro atoms. The number of carbonyl (C=O) groups excluding carboxylic acids is 1. The van der Waals surface area contributed by atoms with Crippen molar-refractivity contribution >= 4 is 16.9 Å². The SMILES string of the molecule is CCCCCCCCCCCCCCCCCCn1c(CCNC(=O)Cc2ccccc2C)nc2ccccc21. The van der Waals surface area contributed by atoms with Crippen LogP contribution in [0.25, 0.3) is 11.0 Å². The molecule has 4 nitrogen and oxygen atoms in total. The Morgan fingerprint density at radius 2 is 1.27 bits per heavy atom. The Balaban J connectivity index is 1.28. The van der Waals surface area contributed by atoms with Gasteiger partial charge >= 0.3 is 0 Å². The Hall–Kier alpha value is -2.62. The van der Waals surface area contributed by atoms with E-state index in [4.69, 9.17) is 4.98 Å². The fourth-order valence-corrected chi connectivity index (χ4v) is 5.74. The van der Waals surface area contributed by atoms with Crippen LogP contribution in [-0.2, 0) is 24.2 Å². The first-order chi connectivity index (χ1) is 19.7. The number of nitrogens with one attached hydrogen (secondary N) is 1. The molecule has 1 N–H and O–H groups in total. The summed E-state index contributed by atoms with van der Waals surface area (Å²) in [5.74, 6) is 1.16. The predicted octanol–water partition coefficient (Wildman–Crippen LogP) is 9.51. The molecule has 4 heteroatoms. The van der Waals surface area contributed by atoms with E-state index in [0.717, 1.165) is 29.9 Å². The van der Waals surface area contributed by atoms with Gasteiger partial charge in [0.1, 0.15) is 5.82 Å². The maximum absolute atomic E-state index is 12.5. The lowest BCUT2D eigenvalue weighted by atomic mass is 10.0. The summed E-state index contributed by atoms with van der Waals surface area (Å²) in [7, 11) is 0. The number of hydrogen-bond donors (Lipinski definition) is 1. The van der Waals surface area contributed by atoms with Crippen LogP contribution in [0.2, 0.25) is 0 Å².